The minimum absolute atomic E-state index is 0.0335. The zero-order valence-electron chi connectivity index (χ0n) is 18.6. The molecule has 0 radical (unpaired) electrons. The second-order valence-corrected chi connectivity index (χ2v) is 9.63. The second kappa shape index (κ2) is 15.1. The van der Waals surface area contributed by atoms with Crippen LogP contribution in [0.4, 0.5) is 0 Å². The van der Waals surface area contributed by atoms with Crippen molar-refractivity contribution in [1.82, 2.24) is 5.06 Å². The molecule has 0 saturated carbocycles. The van der Waals surface area contributed by atoms with E-state index in [1.54, 1.807) is 0 Å². The topological polar surface area (TPSA) is 118 Å². The molecule has 31 heavy (non-hydrogen) atoms. The van der Waals surface area contributed by atoms with E-state index in [9.17, 15) is 22.8 Å². The molecule has 2 amide bonds. The van der Waals surface area contributed by atoms with Gasteiger partial charge in [-0.25, -0.2) is 4.79 Å². The van der Waals surface area contributed by atoms with E-state index in [0.717, 1.165) is 38.5 Å². The monoisotopic (exact) mass is 459 g/mol. The number of carbonyl (C=O) groups excluding carboxylic acids is 3. The van der Waals surface area contributed by atoms with E-state index in [1.165, 1.54) is 38.5 Å². The fourth-order valence-corrected chi connectivity index (χ4v) is 4.10. The van der Waals surface area contributed by atoms with Gasteiger partial charge >= 0.3 is 5.97 Å². The van der Waals surface area contributed by atoms with E-state index in [0.29, 0.717) is 6.42 Å². The first-order chi connectivity index (χ1) is 14.8. The Hall–Kier alpha value is -1.74. The van der Waals surface area contributed by atoms with Crippen LogP contribution in [0.3, 0.4) is 0 Å². The van der Waals surface area contributed by atoms with Gasteiger partial charge in [0.15, 0.2) is 5.25 Å². The van der Waals surface area contributed by atoms with Gasteiger partial charge in [0.2, 0.25) is 0 Å². The number of unbranched alkanes of at least 4 members (excludes halogenated alkanes) is 11. The fraction of sp³-hybridized carbons (Fsp3) is 0.773. The van der Waals surface area contributed by atoms with Gasteiger partial charge in [0.05, 0.1) is 6.42 Å². The zero-order valence-corrected chi connectivity index (χ0v) is 19.4. The van der Waals surface area contributed by atoms with Crippen LogP contribution in [-0.2, 0) is 29.3 Å². The van der Waals surface area contributed by atoms with Crippen LogP contribution in [0.15, 0.2) is 12.2 Å². The molecular weight excluding hydrogens is 422 g/mol. The lowest BCUT2D eigenvalue weighted by Gasteiger charge is -2.13. The number of hydrogen-bond donors (Lipinski definition) is 1. The molecule has 8 nitrogen and oxygen atoms in total. The molecule has 1 aliphatic heterocycles. The lowest BCUT2D eigenvalue weighted by Crippen LogP contribution is -2.36. The maximum atomic E-state index is 11.8. The zero-order chi connectivity index (χ0) is 23.1. The van der Waals surface area contributed by atoms with E-state index in [1.807, 2.05) is 0 Å². The van der Waals surface area contributed by atoms with Crippen LogP contribution in [-0.4, -0.2) is 41.1 Å². The molecule has 1 atom stereocenters. The minimum Gasteiger partial charge on any atom is -0.330 e. The predicted octanol–water partition coefficient (Wildman–Crippen LogP) is 4.50. The van der Waals surface area contributed by atoms with E-state index >= 15 is 0 Å². The number of amides is 2. The van der Waals surface area contributed by atoms with Crippen LogP contribution in [0.25, 0.3) is 0 Å². The first-order valence-corrected chi connectivity index (χ1v) is 13.0. The first-order valence-electron chi connectivity index (χ1n) is 11.5. The lowest BCUT2D eigenvalue weighted by molar-refractivity contribution is -0.197. The van der Waals surface area contributed by atoms with Crippen LogP contribution >= 0.6 is 0 Å². The van der Waals surface area contributed by atoms with E-state index in [-0.39, 0.29) is 11.5 Å². The van der Waals surface area contributed by atoms with Crippen molar-refractivity contribution in [1.29, 1.82) is 0 Å². The van der Waals surface area contributed by atoms with Gasteiger partial charge in [-0.15, -0.1) is 5.06 Å². The largest absolute Gasteiger partial charge is 0.333 e. The van der Waals surface area contributed by atoms with Crippen molar-refractivity contribution in [2.24, 2.45) is 0 Å². The third kappa shape index (κ3) is 11.4. The maximum Gasteiger partial charge on any atom is 0.333 e. The summed E-state index contributed by atoms with van der Waals surface area (Å²) in [5, 5.41) is -1.74. The number of allylic oxidation sites excluding steroid dienone is 2. The normalized spacial score (nSPS) is 17.1. The van der Waals surface area contributed by atoms with Gasteiger partial charge in [-0.1, -0.05) is 70.4 Å². The molecule has 1 saturated heterocycles. The standard InChI is InChI=1S/C22H37NO7S/c1-2-3-4-5-6-7-8-9-10-11-12-13-14-15-16-17-21(25)30-23-20(24)18-19(22(23)26)31(27,28)29/h9-10,19H,2-8,11-18H2,1H3,(H,27,28,29). The highest BCUT2D eigenvalue weighted by atomic mass is 32.2. The van der Waals surface area contributed by atoms with Gasteiger partial charge in [-0.3, -0.25) is 14.1 Å². The van der Waals surface area contributed by atoms with Crippen LogP contribution in [0.5, 0.6) is 0 Å². The Morgan fingerprint density at radius 1 is 0.968 bits per heavy atom. The SMILES string of the molecule is CCCCCCCCC=CCCCCCCCC(=O)ON1C(=O)CC(S(=O)(=O)O)C1=O. The molecule has 0 aromatic heterocycles. The van der Waals surface area contributed by atoms with Crippen LogP contribution < -0.4 is 0 Å². The van der Waals surface area contributed by atoms with Gasteiger partial charge in [-0.05, 0) is 32.1 Å². The van der Waals surface area contributed by atoms with Crippen LogP contribution in [0.1, 0.15) is 103 Å². The van der Waals surface area contributed by atoms with Crippen molar-refractivity contribution < 1.29 is 32.2 Å². The van der Waals surface area contributed by atoms with Gasteiger partial charge in [0.1, 0.15) is 0 Å². The van der Waals surface area contributed by atoms with Crippen molar-refractivity contribution in [3.8, 4) is 0 Å². The Morgan fingerprint density at radius 2 is 1.48 bits per heavy atom. The van der Waals surface area contributed by atoms with Gasteiger partial charge in [-0.2, -0.15) is 8.42 Å². The third-order valence-electron chi connectivity index (χ3n) is 5.26. The highest BCUT2D eigenvalue weighted by molar-refractivity contribution is 7.87. The Balaban J connectivity index is 2.02. The second-order valence-electron chi connectivity index (χ2n) is 8.03. The molecule has 0 spiro atoms. The van der Waals surface area contributed by atoms with E-state index < -0.39 is 39.6 Å². The quantitative estimate of drug-likeness (QED) is 0.147. The van der Waals surface area contributed by atoms with Crippen molar-refractivity contribution >= 4 is 27.9 Å². The third-order valence-corrected chi connectivity index (χ3v) is 6.34. The summed E-state index contributed by atoms with van der Waals surface area (Å²) in [6, 6.07) is 0. The summed E-state index contributed by atoms with van der Waals surface area (Å²) in [6.45, 7) is 2.23. The number of rotatable bonds is 17. The first kappa shape index (κ1) is 27.3. The van der Waals surface area contributed by atoms with Crippen molar-refractivity contribution in [3.63, 3.8) is 0 Å². The van der Waals surface area contributed by atoms with Gasteiger partial charge in [0.25, 0.3) is 21.9 Å². The molecule has 1 rings (SSSR count). The Kier molecular flexibility index (Phi) is 13.3. The smallest absolute Gasteiger partial charge is 0.330 e. The van der Waals surface area contributed by atoms with E-state index in [4.69, 9.17) is 9.39 Å². The summed E-state index contributed by atoms with van der Waals surface area (Å²) in [5.74, 6) is -2.95. The summed E-state index contributed by atoms with van der Waals surface area (Å²) in [6.07, 6.45) is 18.5. The van der Waals surface area contributed by atoms with E-state index in [2.05, 4.69) is 19.1 Å². The summed E-state index contributed by atoms with van der Waals surface area (Å²) in [4.78, 5) is 39.9. The molecule has 1 unspecified atom stereocenters. The van der Waals surface area contributed by atoms with Crippen molar-refractivity contribution in [2.75, 3.05) is 0 Å². The average Bonchev–Trinajstić information content (AvgIpc) is 2.99. The van der Waals surface area contributed by atoms with Crippen molar-refractivity contribution in [2.45, 2.75) is 108 Å². The van der Waals surface area contributed by atoms with Gasteiger partial charge < -0.3 is 4.84 Å². The minimum atomic E-state index is -4.71. The molecule has 1 fully saturated rings. The predicted molar refractivity (Wildman–Crippen MR) is 117 cm³/mol. The average molecular weight is 460 g/mol. The summed E-state index contributed by atoms with van der Waals surface area (Å²) >= 11 is 0. The molecule has 1 heterocycles. The molecule has 1 N–H and O–H groups in total. The maximum absolute atomic E-state index is 11.8. The molecular formula is C22H37NO7S. The summed E-state index contributed by atoms with van der Waals surface area (Å²) in [5.41, 5.74) is 0. The summed E-state index contributed by atoms with van der Waals surface area (Å²) in [7, 11) is -4.71. The molecule has 0 aromatic rings. The Bertz CT molecular complexity index is 703. The number of hydroxylamine groups is 2. The molecule has 0 aromatic carbocycles. The Morgan fingerprint density at radius 3 is 2.00 bits per heavy atom. The molecule has 9 heteroatoms. The van der Waals surface area contributed by atoms with Crippen molar-refractivity contribution in [3.05, 3.63) is 12.2 Å². The number of carbonyl (C=O) groups is 3. The Labute approximate surface area is 186 Å². The molecule has 1 aliphatic rings. The molecule has 0 aliphatic carbocycles. The lowest BCUT2D eigenvalue weighted by atomic mass is 10.1. The summed E-state index contributed by atoms with van der Waals surface area (Å²) < 4.78 is 31.1. The van der Waals surface area contributed by atoms with Crippen LogP contribution in [0, 0.1) is 0 Å². The highest BCUT2D eigenvalue weighted by Crippen LogP contribution is 2.20. The van der Waals surface area contributed by atoms with Gasteiger partial charge in [0, 0.05) is 6.42 Å². The van der Waals surface area contributed by atoms with Crippen LogP contribution in [0.2, 0.25) is 0 Å². The highest BCUT2D eigenvalue weighted by Gasteiger charge is 2.48. The fourth-order valence-electron chi connectivity index (χ4n) is 3.40. The number of imide groups is 1. The molecule has 0 bridgehead atoms. The molecule has 178 valence electrons. The number of hydrogen-bond acceptors (Lipinski definition) is 6. The number of nitrogens with zero attached hydrogens (tertiary/aromatic N) is 1.